The van der Waals surface area contributed by atoms with E-state index in [4.69, 9.17) is 0 Å². The van der Waals surface area contributed by atoms with E-state index in [0.717, 1.165) is 17.2 Å². The Hall–Kier alpha value is -1.13. The molecule has 1 aromatic carbocycles. The zero-order chi connectivity index (χ0) is 10.8. The maximum absolute atomic E-state index is 4.54. The highest BCUT2D eigenvalue weighted by Crippen LogP contribution is 2.28. The van der Waals surface area contributed by atoms with Crippen molar-refractivity contribution in [2.24, 2.45) is 0 Å². The Morgan fingerprint density at radius 2 is 2.20 bits per heavy atom. The van der Waals surface area contributed by atoms with Crippen molar-refractivity contribution in [2.45, 2.75) is 6.54 Å². The highest BCUT2D eigenvalue weighted by molar-refractivity contribution is 7.22. The zero-order valence-electron chi connectivity index (χ0n) is 9.24. The van der Waals surface area contributed by atoms with Crippen LogP contribution in [0.25, 0.3) is 10.2 Å². The average Bonchev–Trinajstić information content (AvgIpc) is 2.61. The predicted octanol–water partition coefficient (Wildman–Crippen LogP) is 2.08. The second-order valence-corrected chi connectivity index (χ2v) is 4.73. The fourth-order valence-electron chi connectivity index (χ4n) is 1.46. The van der Waals surface area contributed by atoms with E-state index in [-0.39, 0.29) is 0 Å². The highest BCUT2D eigenvalue weighted by atomic mass is 32.1. The smallest absolute Gasteiger partial charge is 0.185 e. The van der Waals surface area contributed by atoms with E-state index in [9.17, 15) is 0 Å². The van der Waals surface area contributed by atoms with Crippen LogP contribution in [0, 0.1) is 0 Å². The number of nitrogens with one attached hydrogen (secondary N) is 1. The summed E-state index contributed by atoms with van der Waals surface area (Å²) in [4.78, 5) is 6.58. The molecule has 0 bridgehead atoms. The molecule has 1 N–H and O–H groups in total. The zero-order valence-corrected chi connectivity index (χ0v) is 10.1. The molecule has 0 spiro atoms. The predicted molar refractivity (Wildman–Crippen MR) is 66.7 cm³/mol. The van der Waals surface area contributed by atoms with Crippen LogP contribution < -0.4 is 10.2 Å². The summed E-state index contributed by atoms with van der Waals surface area (Å²) in [5, 5.41) is 4.21. The molecule has 0 amide bonds. The molecule has 0 radical (unpaired) electrons. The van der Waals surface area contributed by atoms with Gasteiger partial charge in [0.25, 0.3) is 0 Å². The molecule has 4 heteroatoms. The first kappa shape index (κ1) is 10.4. The molecule has 2 aromatic rings. The van der Waals surface area contributed by atoms with Crippen LogP contribution in [0.1, 0.15) is 5.56 Å². The van der Waals surface area contributed by atoms with Crippen LogP contribution >= 0.6 is 11.3 Å². The maximum atomic E-state index is 4.54. The molecular weight excluding hydrogens is 206 g/mol. The van der Waals surface area contributed by atoms with Gasteiger partial charge in [0.1, 0.15) is 0 Å². The van der Waals surface area contributed by atoms with E-state index in [1.807, 2.05) is 26.0 Å². The molecule has 0 saturated carbocycles. The Morgan fingerprint density at radius 3 is 2.87 bits per heavy atom. The second kappa shape index (κ2) is 4.16. The van der Waals surface area contributed by atoms with Crippen LogP contribution in [0.4, 0.5) is 5.13 Å². The quantitative estimate of drug-likeness (QED) is 0.860. The lowest BCUT2D eigenvalue weighted by Gasteiger charge is -2.04. The number of benzene rings is 1. The van der Waals surface area contributed by atoms with Gasteiger partial charge >= 0.3 is 0 Å². The van der Waals surface area contributed by atoms with Crippen molar-refractivity contribution < 1.29 is 0 Å². The second-order valence-electron chi connectivity index (χ2n) is 3.72. The SMILES string of the molecule is CNCc1ccc2nc(N(C)C)sc2c1. The Labute approximate surface area is 93.7 Å². The number of aromatic nitrogens is 1. The van der Waals surface area contributed by atoms with Gasteiger partial charge in [-0.05, 0) is 24.7 Å². The number of fused-ring (bicyclic) bond motifs is 1. The summed E-state index contributed by atoms with van der Waals surface area (Å²) >= 11 is 1.73. The number of hydrogen-bond donors (Lipinski definition) is 1. The monoisotopic (exact) mass is 221 g/mol. The van der Waals surface area contributed by atoms with Crippen molar-refractivity contribution in [2.75, 3.05) is 26.0 Å². The molecule has 1 heterocycles. The maximum Gasteiger partial charge on any atom is 0.185 e. The molecule has 0 aliphatic carbocycles. The van der Waals surface area contributed by atoms with Crippen LogP contribution in [0.15, 0.2) is 18.2 Å². The lowest BCUT2D eigenvalue weighted by molar-refractivity contribution is 0.819. The van der Waals surface area contributed by atoms with E-state index in [0.29, 0.717) is 0 Å². The fourth-order valence-corrected chi connectivity index (χ4v) is 2.41. The van der Waals surface area contributed by atoms with Crippen LogP contribution in [-0.4, -0.2) is 26.1 Å². The first-order valence-electron chi connectivity index (χ1n) is 4.92. The summed E-state index contributed by atoms with van der Waals surface area (Å²) in [6, 6.07) is 6.42. The lowest BCUT2D eigenvalue weighted by atomic mass is 10.2. The van der Waals surface area contributed by atoms with Crippen LogP contribution in [-0.2, 0) is 6.54 Å². The standard InChI is InChI=1S/C11H15N3S/c1-12-7-8-4-5-9-10(6-8)15-11(13-9)14(2)3/h4-6,12H,7H2,1-3H3. The Balaban J connectivity index is 2.43. The van der Waals surface area contributed by atoms with Gasteiger partial charge in [0.2, 0.25) is 0 Å². The first-order valence-corrected chi connectivity index (χ1v) is 5.74. The first-order chi connectivity index (χ1) is 7.20. The van der Waals surface area contributed by atoms with E-state index in [1.165, 1.54) is 10.3 Å². The van der Waals surface area contributed by atoms with Crippen LogP contribution in [0.5, 0.6) is 0 Å². The molecule has 0 fully saturated rings. The van der Waals surface area contributed by atoms with E-state index >= 15 is 0 Å². The number of rotatable bonds is 3. The minimum atomic E-state index is 0.908. The van der Waals surface area contributed by atoms with Crippen LogP contribution in [0.3, 0.4) is 0 Å². The summed E-state index contributed by atoms with van der Waals surface area (Å²) in [7, 11) is 6.00. The molecule has 0 aliphatic heterocycles. The molecule has 1 aromatic heterocycles. The molecule has 0 saturated heterocycles. The lowest BCUT2D eigenvalue weighted by Crippen LogP contribution is -2.07. The topological polar surface area (TPSA) is 28.2 Å². The highest BCUT2D eigenvalue weighted by Gasteiger charge is 2.05. The molecule has 2 rings (SSSR count). The van der Waals surface area contributed by atoms with Gasteiger partial charge in [0, 0.05) is 20.6 Å². The number of nitrogens with zero attached hydrogens (tertiary/aromatic N) is 2. The van der Waals surface area contributed by atoms with Crippen molar-refractivity contribution in [1.82, 2.24) is 10.3 Å². The third kappa shape index (κ3) is 2.11. The van der Waals surface area contributed by atoms with Crippen molar-refractivity contribution in [1.29, 1.82) is 0 Å². The summed E-state index contributed by atoms with van der Waals surface area (Å²) in [6.07, 6.45) is 0. The van der Waals surface area contributed by atoms with E-state index in [1.54, 1.807) is 11.3 Å². The summed E-state index contributed by atoms with van der Waals surface area (Å²) in [6.45, 7) is 0.908. The molecular formula is C11H15N3S. The minimum Gasteiger partial charge on any atom is -0.354 e. The fraction of sp³-hybridized carbons (Fsp3) is 0.364. The Bertz CT molecular complexity index is 462. The van der Waals surface area contributed by atoms with Gasteiger partial charge in [-0.3, -0.25) is 0 Å². The average molecular weight is 221 g/mol. The largest absolute Gasteiger partial charge is 0.354 e. The summed E-state index contributed by atoms with van der Waals surface area (Å²) < 4.78 is 1.26. The molecule has 0 atom stereocenters. The number of hydrogen-bond acceptors (Lipinski definition) is 4. The van der Waals surface area contributed by atoms with Gasteiger partial charge in [0.05, 0.1) is 10.2 Å². The van der Waals surface area contributed by atoms with Gasteiger partial charge in [-0.25, -0.2) is 4.98 Å². The van der Waals surface area contributed by atoms with Gasteiger partial charge in [-0.15, -0.1) is 0 Å². The van der Waals surface area contributed by atoms with Gasteiger partial charge in [-0.1, -0.05) is 17.4 Å². The number of thiazole rings is 1. The van der Waals surface area contributed by atoms with Crippen molar-refractivity contribution >= 4 is 26.7 Å². The van der Waals surface area contributed by atoms with Crippen molar-refractivity contribution in [3.05, 3.63) is 23.8 Å². The molecule has 15 heavy (non-hydrogen) atoms. The normalized spacial score (nSPS) is 10.9. The van der Waals surface area contributed by atoms with Gasteiger partial charge in [-0.2, -0.15) is 0 Å². The van der Waals surface area contributed by atoms with Crippen LogP contribution in [0.2, 0.25) is 0 Å². The molecule has 0 unspecified atom stereocenters. The van der Waals surface area contributed by atoms with Crippen molar-refractivity contribution in [3.63, 3.8) is 0 Å². The van der Waals surface area contributed by atoms with E-state index in [2.05, 4.69) is 28.5 Å². The molecule has 3 nitrogen and oxygen atoms in total. The molecule has 80 valence electrons. The van der Waals surface area contributed by atoms with Gasteiger partial charge < -0.3 is 10.2 Å². The summed E-state index contributed by atoms with van der Waals surface area (Å²) in [5.74, 6) is 0. The van der Waals surface area contributed by atoms with Crippen molar-refractivity contribution in [3.8, 4) is 0 Å². The summed E-state index contributed by atoms with van der Waals surface area (Å²) in [5.41, 5.74) is 2.39. The minimum absolute atomic E-state index is 0.908. The van der Waals surface area contributed by atoms with E-state index < -0.39 is 0 Å². The third-order valence-corrected chi connectivity index (χ3v) is 3.39. The Morgan fingerprint density at radius 1 is 1.40 bits per heavy atom. The third-order valence-electron chi connectivity index (χ3n) is 2.21. The van der Waals surface area contributed by atoms with Gasteiger partial charge in [0.15, 0.2) is 5.13 Å². The molecule has 0 aliphatic rings. The Kier molecular flexibility index (Phi) is 2.88. The number of anilines is 1.